The maximum absolute atomic E-state index is 13.0. The van der Waals surface area contributed by atoms with Crippen LogP contribution >= 0.6 is 11.6 Å². The summed E-state index contributed by atoms with van der Waals surface area (Å²) in [5.41, 5.74) is 0.890. The number of ether oxygens (including phenoxy) is 1. The second-order valence-corrected chi connectivity index (χ2v) is 6.27. The molecule has 0 fully saturated rings. The van der Waals surface area contributed by atoms with Gasteiger partial charge in [0.15, 0.2) is 6.10 Å². The van der Waals surface area contributed by atoms with Gasteiger partial charge in [0.25, 0.3) is 5.91 Å². The number of aryl methyl sites for hydroxylation is 1. The van der Waals surface area contributed by atoms with Crippen molar-refractivity contribution in [1.29, 1.82) is 0 Å². The fraction of sp³-hybridized carbons (Fsp3) is 0.200. The number of aromatic nitrogens is 1. The molecular formula is C20H19ClN2O3. The summed E-state index contributed by atoms with van der Waals surface area (Å²) in [5.74, 6) is 1.58. The fourth-order valence-electron chi connectivity index (χ4n) is 2.51. The highest BCUT2D eigenvalue weighted by Crippen LogP contribution is 2.23. The Morgan fingerprint density at radius 3 is 2.77 bits per heavy atom. The predicted molar refractivity (Wildman–Crippen MR) is 100 cm³/mol. The number of nitrogens with zero attached hydrogens (tertiary/aromatic N) is 2. The van der Waals surface area contributed by atoms with Crippen LogP contribution in [0, 0.1) is 6.92 Å². The van der Waals surface area contributed by atoms with Gasteiger partial charge in [-0.15, -0.1) is 0 Å². The van der Waals surface area contributed by atoms with Crippen LogP contribution in [0.15, 0.2) is 65.4 Å². The van der Waals surface area contributed by atoms with E-state index in [1.54, 1.807) is 54.6 Å². The van der Waals surface area contributed by atoms with Crippen molar-refractivity contribution in [3.05, 3.63) is 77.3 Å². The lowest BCUT2D eigenvalue weighted by Gasteiger charge is -2.24. The molecule has 5 nitrogen and oxygen atoms in total. The largest absolute Gasteiger partial charge is 0.481 e. The number of pyridine rings is 1. The van der Waals surface area contributed by atoms with E-state index in [9.17, 15) is 4.79 Å². The molecule has 0 saturated carbocycles. The van der Waals surface area contributed by atoms with Gasteiger partial charge >= 0.3 is 0 Å². The lowest BCUT2D eigenvalue weighted by atomic mass is 10.2. The van der Waals surface area contributed by atoms with Crippen LogP contribution < -0.4 is 9.64 Å². The Morgan fingerprint density at radius 1 is 1.27 bits per heavy atom. The molecule has 2 aromatic heterocycles. The Labute approximate surface area is 157 Å². The van der Waals surface area contributed by atoms with Crippen molar-refractivity contribution in [2.75, 3.05) is 4.90 Å². The second kappa shape index (κ2) is 8.06. The highest BCUT2D eigenvalue weighted by molar-refractivity contribution is 6.31. The third-order valence-electron chi connectivity index (χ3n) is 3.88. The SMILES string of the molecule is Cc1cc(O[C@@H](C)C(=O)N(Cc2ccco2)c2ccccn2)ccc1Cl. The molecule has 3 aromatic rings. The first kappa shape index (κ1) is 18.0. The van der Waals surface area contributed by atoms with Crippen LogP contribution in [0.3, 0.4) is 0 Å². The summed E-state index contributed by atoms with van der Waals surface area (Å²) < 4.78 is 11.2. The van der Waals surface area contributed by atoms with Crippen molar-refractivity contribution in [1.82, 2.24) is 4.98 Å². The minimum Gasteiger partial charge on any atom is -0.481 e. The van der Waals surface area contributed by atoms with Gasteiger partial charge in [-0.25, -0.2) is 4.98 Å². The number of halogens is 1. The predicted octanol–water partition coefficient (Wildman–Crippen LogP) is 4.64. The van der Waals surface area contributed by atoms with Gasteiger partial charge in [-0.05, 0) is 61.9 Å². The lowest BCUT2D eigenvalue weighted by molar-refractivity contribution is -0.124. The molecule has 0 spiro atoms. The van der Waals surface area contributed by atoms with Gasteiger partial charge in [0.05, 0.1) is 12.8 Å². The Kier molecular flexibility index (Phi) is 5.58. The first-order chi connectivity index (χ1) is 12.5. The van der Waals surface area contributed by atoms with Crippen molar-refractivity contribution in [2.24, 2.45) is 0 Å². The molecular weight excluding hydrogens is 352 g/mol. The van der Waals surface area contributed by atoms with Crippen molar-refractivity contribution >= 4 is 23.3 Å². The molecule has 0 aliphatic rings. The second-order valence-electron chi connectivity index (χ2n) is 5.86. The molecule has 0 bridgehead atoms. The molecule has 0 aliphatic heterocycles. The number of carbonyl (C=O) groups excluding carboxylic acids is 1. The van der Waals surface area contributed by atoms with E-state index < -0.39 is 6.10 Å². The molecule has 1 atom stereocenters. The number of amides is 1. The van der Waals surface area contributed by atoms with Crippen LogP contribution in [-0.4, -0.2) is 17.0 Å². The molecule has 0 unspecified atom stereocenters. The van der Waals surface area contributed by atoms with E-state index >= 15 is 0 Å². The van der Waals surface area contributed by atoms with Gasteiger partial charge in [0, 0.05) is 11.2 Å². The first-order valence-corrected chi connectivity index (χ1v) is 8.60. The zero-order chi connectivity index (χ0) is 18.5. The lowest BCUT2D eigenvalue weighted by Crippen LogP contribution is -2.40. The molecule has 26 heavy (non-hydrogen) atoms. The first-order valence-electron chi connectivity index (χ1n) is 8.22. The zero-order valence-corrected chi connectivity index (χ0v) is 15.3. The average molecular weight is 371 g/mol. The van der Waals surface area contributed by atoms with E-state index in [1.165, 1.54) is 0 Å². The Bertz CT molecular complexity index is 866. The number of carbonyl (C=O) groups is 1. The molecule has 1 amide bonds. The number of anilines is 1. The topological polar surface area (TPSA) is 55.6 Å². The third kappa shape index (κ3) is 4.24. The summed E-state index contributed by atoms with van der Waals surface area (Å²) in [6, 6.07) is 14.3. The van der Waals surface area contributed by atoms with E-state index in [-0.39, 0.29) is 12.5 Å². The van der Waals surface area contributed by atoms with Crippen LogP contribution in [-0.2, 0) is 11.3 Å². The van der Waals surface area contributed by atoms with E-state index in [1.807, 2.05) is 25.1 Å². The number of hydrogen-bond acceptors (Lipinski definition) is 4. The molecule has 3 rings (SSSR count). The molecule has 2 heterocycles. The average Bonchev–Trinajstić information content (AvgIpc) is 3.16. The van der Waals surface area contributed by atoms with Crippen LogP contribution in [0.1, 0.15) is 18.2 Å². The molecule has 0 aliphatic carbocycles. The smallest absolute Gasteiger partial charge is 0.269 e. The Morgan fingerprint density at radius 2 is 2.12 bits per heavy atom. The maximum atomic E-state index is 13.0. The summed E-state index contributed by atoms with van der Waals surface area (Å²) in [7, 11) is 0. The highest BCUT2D eigenvalue weighted by Gasteiger charge is 2.25. The molecule has 134 valence electrons. The van der Waals surface area contributed by atoms with Crippen LogP contribution in [0.4, 0.5) is 5.82 Å². The summed E-state index contributed by atoms with van der Waals surface area (Å²) in [6.07, 6.45) is 2.52. The van der Waals surface area contributed by atoms with Gasteiger partial charge in [0.1, 0.15) is 17.3 Å². The van der Waals surface area contributed by atoms with Gasteiger partial charge < -0.3 is 9.15 Å². The van der Waals surface area contributed by atoms with Gasteiger partial charge in [-0.3, -0.25) is 9.69 Å². The van der Waals surface area contributed by atoms with Gasteiger partial charge in [0.2, 0.25) is 0 Å². The van der Waals surface area contributed by atoms with E-state index in [0.717, 1.165) is 5.56 Å². The summed E-state index contributed by atoms with van der Waals surface area (Å²) >= 11 is 6.04. The molecule has 0 radical (unpaired) electrons. The Hall–Kier alpha value is -2.79. The van der Waals surface area contributed by atoms with Crippen LogP contribution in [0.2, 0.25) is 5.02 Å². The summed E-state index contributed by atoms with van der Waals surface area (Å²) in [5, 5.41) is 0.657. The van der Waals surface area contributed by atoms with E-state index in [4.69, 9.17) is 20.8 Å². The zero-order valence-electron chi connectivity index (χ0n) is 14.6. The summed E-state index contributed by atoms with van der Waals surface area (Å²) in [4.78, 5) is 18.9. The minimum absolute atomic E-state index is 0.215. The number of hydrogen-bond donors (Lipinski definition) is 0. The van der Waals surface area contributed by atoms with Crippen molar-refractivity contribution in [2.45, 2.75) is 26.5 Å². The monoisotopic (exact) mass is 370 g/mol. The quantitative estimate of drug-likeness (QED) is 0.634. The maximum Gasteiger partial charge on any atom is 0.269 e. The van der Waals surface area contributed by atoms with Crippen molar-refractivity contribution in [3.8, 4) is 5.75 Å². The standard InChI is InChI=1S/C20H19ClN2O3/c1-14-12-16(8-9-18(14)21)26-15(2)20(24)23(13-17-6-5-11-25-17)19-7-3-4-10-22-19/h3-12,15H,13H2,1-2H3/t15-/m0/s1. The van der Waals surface area contributed by atoms with Crippen LogP contribution in [0.5, 0.6) is 5.75 Å². The number of furan rings is 1. The van der Waals surface area contributed by atoms with Crippen LogP contribution in [0.25, 0.3) is 0 Å². The Balaban J connectivity index is 1.80. The summed E-state index contributed by atoms with van der Waals surface area (Å²) in [6.45, 7) is 3.87. The van der Waals surface area contributed by atoms with Crippen molar-refractivity contribution < 1.29 is 13.9 Å². The fourth-order valence-corrected chi connectivity index (χ4v) is 2.63. The molecule has 0 saturated heterocycles. The minimum atomic E-state index is -0.701. The molecule has 6 heteroatoms. The molecule has 0 N–H and O–H groups in total. The van der Waals surface area contributed by atoms with Gasteiger partial charge in [-0.2, -0.15) is 0 Å². The molecule has 1 aromatic carbocycles. The van der Waals surface area contributed by atoms with Crippen molar-refractivity contribution in [3.63, 3.8) is 0 Å². The van der Waals surface area contributed by atoms with E-state index in [0.29, 0.717) is 22.4 Å². The number of benzene rings is 1. The van der Waals surface area contributed by atoms with Gasteiger partial charge in [-0.1, -0.05) is 17.7 Å². The van der Waals surface area contributed by atoms with E-state index in [2.05, 4.69) is 4.98 Å². The number of rotatable bonds is 6. The normalized spacial score (nSPS) is 11.8. The third-order valence-corrected chi connectivity index (χ3v) is 4.30. The highest BCUT2D eigenvalue weighted by atomic mass is 35.5.